The molecule has 0 aliphatic heterocycles. The second-order valence-corrected chi connectivity index (χ2v) is 5.61. The Morgan fingerprint density at radius 3 is 2.63 bits per heavy atom. The molecule has 4 nitrogen and oxygen atoms in total. The fourth-order valence-corrected chi connectivity index (χ4v) is 2.53. The molecule has 0 radical (unpaired) electrons. The molecule has 0 bridgehead atoms. The molecule has 0 atom stereocenters. The van der Waals surface area contributed by atoms with E-state index >= 15 is 0 Å². The van der Waals surface area contributed by atoms with Gasteiger partial charge in [0.25, 0.3) is 0 Å². The lowest BCUT2D eigenvalue weighted by Gasteiger charge is -2.33. The topological polar surface area (TPSA) is 43.6 Å². The standard InChI is InChI=1S/C12H13ClF2N4/c1-6(2)19-11-8(5-16-19)9(13)17-10(18-11)7-3-12(14,15)4-7/h5-7H,3-4H2,1-2H3. The third kappa shape index (κ3) is 2.08. The number of rotatable bonds is 2. The molecule has 2 heterocycles. The molecule has 19 heavy (non-hydrogen) atoms. The Bertz CT molecular complexity index is 630. The fraction of sp³-hybridized carbons (Fsp3) is 0.583. The van der Waals surface area contributed by atoms with Crippen LogP contribution in [0.2, 0.25) is 5.15 Å². The van der Waals surface area contributed by atoms with E-state index in [-0.39, 0.29) is 30.0 Å². The number of hydrogen-bond acceptors (Lipinski definition) is 3. The maximum atomic E-state index is 12.9. The number of alkyl halides is 2. The molecule has 0 N–H and O–H groups in total. The number of aromatic nitrogens is 4. The van der Waals surface area contributed by atoms with E-state index in [2.05, 4.69) is 15.1 Å². The van der Waals surface area contributed by atoms with E-state index in [0.717, 1.165) is 0 Å². The summed E-state index contributed by atoms with van der Waals surface area (Å²) >= 11 is 6.08. The summed E-state index contributed by atoms with van der Waals surface area (Å²) in [6.45, 7) is 3.94. The summed E-state index contributed by atoms with van der Waals surface area (Å²) in [7, 11) is 0. The van der Waals surface area contributed by atoms with E-state index in [1.807, 2.05) is 13.8 Å². The smallest absolute Gasteiger partial charge is 0.245 e. The van der Waals surface area contributed by atoms with E-state index in [9.17, 15) is 8.78 Å². The number of hydrogen-bond donors (Lipinski definition) is 0. The molecule has 102 valence electrons. The van der Waals surface area contributed by atoms with Gasteiger partial charge >= 0.3 is 0 Å². The van der Waals surface area contributed by atoms with Crippen LogP contribution < -0.4 is 0 Å². The highest BCUT2D eigenvalue weighted by molar-refractivity contribution is 6.33. The number of halogens is 3. The normalized spacial score (nSPS) is 19.1. The Kier molecular flexibility index (Phi) is 2.74. The molecule has 1 aliphatic rings. The van der Waals surface area contributed by atoms with Crippen molar-refractivity contribution in [2.75, 3.05) is 0 Å². The average molecular weight is 287 g/mol. The fourth-order valence-electron chi connectivity index (χ4n) is 2.31. The molecule has 0 saturated heterocycles. The van der Waals surface area contributed by atoms with Crippen molar-refractivity contribution < 1.29 is 8.78 Å². The quantitative estimate of drug-likeness (QED) is 0.793. The third-order valence-corrected chi connectivity index (χ3v) is 3.66. The Labute approximate surface area is 113 Å². The first-order chi connectivity index (χ1) is 8.87. The van der Waals surface area contributed by atoms with E-state index in [1.54, 1.807) is 10.9 Å². The molecule has 0 spiro atoms. The summed E-state index contributed by atoms with van der Waals surface area (Å²) in [5.41, 5.74) is 0.611. The molecule has 3 rings (SSSR count). The highest BCUT2D eigenvalue weighted by Crippen LogP contribution is 2.47. The van der Waals surface area contributed by atoms with Crippen LogP contribution in [0.1, 0.15) is 44.5 Å². The molecule has 0 amide bonds. The SMILES string of the molecule is CC(C)n1ncc2c(Cl)nc(C3CC(F)(F)C3)nc21. The second-order valence-electron chi connectivity index (χ2n) is 5.25. The first-order valence-corrected chi connectivity index (χ1v) is 6.53. The Hall–Kier alpha value is -1.30. The largest absolute Gasteiger partial charge is 0.249 e. The van der Waals surface area contributed by atoms with Gasteiger partial charge in [-0.1, -0.05) is 11.6 Å². The van der Waals surface area contributed by atoms with E-state index in [4.69, 9.17) is 11.6 Å². The summed E-state index contributed by atoms with van der Waals surface area (Å²) in [5.74, 6) is -2.51. The van der Waals surface area contributed by atoms with Gasteiger partial charge in [0.05, 0.1) is 11.6 Å². The Morgan fingerprint density at radius 2 is 2.05 bits per heavy atom. The van der Waals surface area contributed by atoms with Crippen LogP contribution in [-0.4, -0.2) is 25.7 Å². The van der Waals surface area contributed by atoms with Crippen molar-refractivity contribution >= 4 is 22.6 Å². The van der Waals surface area contributed by atoms with Crippen molar-refractivity contribution in [2.24, 2.45) is 0 Å². The summed E-state index contributed by atoms with van der Waals surface area (Å²) < 4.78 is 27.6. The van der Waals surface area contributed by atoms with Crippen LogP contribution in [0.4, 0.5) is 8.78 Å². The molecule has 1 aliphatic carbocycles. The van der Waals surface area contributed by atoms with E-state index < -0.39 is 5.92 Å². The molecular formula is C12H13ClF2N4. The van der Waals surface area contributed by atoms with Gasteiger partial charge in [-0.05, 0) is 13.8 Å². The van der Waals surface area contributed by atoms with Crippen molar-refractivity contribution in [2.45, 2.75) is 44.6 Å². The molecule has 7 heteroatoms. The van der Waals surface area contributed by atoms with Crippen LogP contribution in [0.25, 0.3) is 11.0 Å². The molecule has 2 aromatic rings. The Balaban J connectivity index is 2.05. The molecular weight excluding hydrogens is 274 g/mol. The molecule has 1 fully saturated rings. The Morgan fingerprint density at radius 1 is 1.37 bits per heavy atom. The lowest BCUT2D eigenvalue weighted by Crippen LogP contribution is -2.34. The maximum Gasteiger partial charge on any atom is 0.249 e. The highest BCUT2D eigenvalue weighted by atomic mass is 35.5. The molecule has 0 aromatic carbocycles. The summed E-state index contributed by atoms with van der Waals surface area (Å²) in [6, 6.07) is 0.124. The minimum absolute atomic E-state index is 0.124. The summed E-state index contributed by atoms with van der Waals surface area (Å²) in [5, 5.41) is 5.15. The third-order valence-electron chi connectivity index (χ3n) is 3.37. The van der Waals surface area contributed by atoms with Gasteiger partial charge in [0, 0.05) is 24.8 Å². The van der Waals surface area contributed by atoms with Gasteiger partial charge in [-0.15, -0.1) is 0 Å². The van der Waals surface area contributed by atoms with E-state index in [1.165, 1.54) is 0 Å². The molecule has 1 saturated carbocycles. The maximum absolute atomic E-state index is 12.9. The van der Waals surface area contributed by atoms with Crippen molar-refractivity contribution in [1.82, 2.24) is 19.7 Å². The zero-order chi connectivity index (χ0) is 13.8. The minimum Gasteiger partial charge on any atom is -0.245 e. The van der Waals surface area contributed by atoms with Crippen LogP contribution in [-0.2, 0) is 0 Å². The summed E-state index contributed by atoms with van der Waals surface area (Å²) in [6.07, 6.45) is 1.20. The number of nitrogens with zero attached hydrogens (tertiary/aromatic N) is 4. The first kappa shape index (κ1) is 12.7. The van der Waals surface area contributed by atoms with Crippen LogP contribution in [0.3, 0.4) is 0 Å². The van der Waals surface area contributed by atoms with Crippen molar-refractivity contribution in [1.29, 1.82) is 0 Å². The van der Waals surface area contributed by atoms with Gasteiger partial charge in [-0.2, -0.15) is 5.10 Å². The van der Waals surface area contributed by atoms with Crippen LogP contribution >= 0.6 is 11.6 Å². The van der Waals surface area contributed by atoms with Crippen molar-refractivity contribution in [3.05, 3.63) is 17.2 Å². The van der Waals surface area contributed by atoms with Crippen LogP contribution in [0.15, 0.2) is 6.20 Å². The van der Waals surface area contributed by atoms with Gasteiger partial charge in [0.15, 0.2) is 5.65 Å². The van der Waals surface area contributed by atoms with Crippen molar-refractivity contribution in [3.8, 4) is 0 Å². The number of fused-ring (bicyclic) bond motifs is 1. The van der Waals surface area contributed by atoms with Gasteiger partial charge in [0.2, 0.25) is 5.92 Å². The lowest BCUT2D eigenvalue weighted by atomic mass is 9.81. The second kappa shape index (κ2) is 4.10. The lowest BCUT2D eigenvalue weighted by molar-refractivity contribution is -0.0884. The zero-order valence-corrected chi connectivity index (χ0v) is 11.3. The summed E-state index contributed by atoms with van der Waals surface area (Å²) in [4.78, 5) is 8.51. The molecule has 0 unspecified atom stereocenters. The first-order valence-electron chi connectivity index (χ1n) is 6.16. The predicted octanol–water partition coefficient (Wildman–Crippen LogP) is 3.57. The predicted molar refractivity (Wildman–Crippen MR) is 67.6 cm³/mol. The highest BCUT2D eigenvalue weighted by Gasteiger charge is 2.47. The van der Waals surface area contributed by atoms with Crippen LogP contribution in [0.5, 0.6) is 0 Å². The molecule has 2 aromatic heterocycles. The van der Waals surface area contributed by atoms with Gasteiger partial charge < -0.3 is 0 Å². The monoisotopic (exact) mass is 286 g/mol. The van der Waals surface area contributed by atoms with Gasteiger partial charge in [-0.25, -0.2) is 23.4 Å². The zero-order valence-electron chi connectivity index (χ0n) is 10.6. The van der Waals surface area contributed by atoms with Gasteiger partial charge in [0.1, 0.15) is 11.0 Å². The van der Waals surface area contributed by atoms with Crippen molar-refractivity contribution in [3.63, 3.8) is 0 Å². The average Bonchev–Trinajstić information content (AvgIpc) is 2.69. The minimum atomic E-state index is -2.59. The van der Waals surface area contributed by atoms with E-state index in [0.29, 0.717) is 16.9 Å². The van der Waals surface area contributed by atoms with Gasteiger partial charge in [-0.3, -0.25) is 0 Å². The van der Waals surface area contributed by atoms with Crippen LogP contribution in [0, 0.1) is 0 Å².